The highest BCUT2D eigenvalue weighted by Gasteiger charge is 2.38. The van der Waals surface area contributed by atoms with Crippen LogP contribution in [0.25, 0.3) is 0 Å². The first-order valence-electron chi connectivity index (χ1n) is 5.91. The third-order valence-corrected chi connectivity index (χ3v) is 3.88. The lowest BCUT2D eigenvalue weighted by Gasteiger charge is -2.40. The van der Waals surface area contributed by atoms with Crippen molar-refractivity contribution in [3.8, 4) is 0 Å². The van der Waals surface area contributed by atoms with Gasteiger partial charge in [0.2, 0.25) is 0 Å². The van der Waals surface area contributed by atoms with Gasteiger partial charge in [0.15, 0.2) is 0 Å². The SMILES string of the molecule is CCC(CC)C1(O)CCC(OC)CC1. The van der Waals surface area contributed by atoms with Crippen LogP contribution in [0.3, 0.4) is 0 Å². The van der Waals surface area contributed by atoms with E-state index in [4.69, 9.17) is 4.74 Å². The summed E-state index contributed by atoms with van der Waals surface area (Å²) in [4.78, 5) is 0. The number of hydrogen-bond acceptors (Lipinski definition) is 2. The van der Waals surface area contributed by atoms with Gasteiger partial charge in [-0.25, -0.2) is 0 Å². The lowest BCUT2D eigenvalue weighted by molar-refractivity contribution is -0.0825. The predicted molar refractivity (Wildman–Crippen MR) is 58.3 cm³/mol. The minimum atomic E-state index is -0.404. The highest BCUT2D eigenvalue weighted by atomic mass is 16.5. The predicted octanol–water partition coefficient (Wildman–Crippen LogP) is 2.74. The van der Waals surface area contributed by atoms with Gasteiger partial charge >= 0.3 is 0 Å². The molecular weight excluding hydrogens is 176 g/mol. The van der Waals surface area contributed by atoms with Gasteiger partial charge in [-0.05, 0) is 31.6 Å². The molecule has 0 spiro atoms. The first-order chi connectivity index (χ1) is 6.66. The maximum atomic E-state index is 10.5. The molecule has 0 aliphatic heterocycles. The van der Waals surface area contributed by atoms with E-state index >= 15 is 0 Å². The zero-order valence-corrected chi connectivity index (χ0v) is 9.75. The molecule has 1 fully saturated rings. The molecule has 0 unspecified atom stereocenters. The van der Waals surface area contributed by atoms with Gasteiger partial charge in [0.25, 0.3) is 0 Å². The number of methoxy groups -OCH3 is 1. The van der Waals surface area contributed by atoms with Crippen molar-refractivity contribution in [3.05, 3.63) is 0 Å². The van der Waals surface area contributed by atoms with E-state index < -0.39 is 5.60 Å². The first kappa shape index (κ1) is 12.0. The van der Waals surface area contributed by atoms with Crippen LogP contribution in [0.2, 0.25) is 0 Å². The summed E-state index contributed by atoms with van der Waals surface area (Å²) in [6.45, 7) is 4.35. The second kappa shape index (κ2) is 5.13. The molecule has 84 valence electrons. The highest BCUT2D eigenvalue weighted by molar-refractivity contribution is 4.90. The fourth-order valence-corrected chi connectivity index (χ4v) is 2.78. The van der Waals surface area contributed by atoms with Crippen LogP contribution in [-0.2, 0) is 4.74 Å². The van der Waals surface area contributed by atoms with Crippen molar-refractivity contribution in [1.82, 2.24) is 0 Å². The molecule has 0 amide bonds. The Hall–Kier alpha value is -0.0800. The zero-order valence-electron chi connectivity index (χ0n) is 9.75. The number of aliphatic hydroxyl groups is 1. The minimum absolute atomic E-state index is 0.379. The summed E-state index contributed by atoms with van der Waals surface area (Å²) in [6.07, 6.45) is 6.42. The maximum absolute atomic E-state index is 10.5. The Balaban J connectivity index is 2.51. The van der Waals surface area contributed by atoms with E-state index in [9.17, 15) is 5.11 Å². The van der Waals surface area contributed by atoms with E-state index in [1.807, 2.05) is 0 Å². The van der Waals surface area contributed by atoms with Crippen molar-refractivity contribution in [2.24, 2.45) is 5.92 Å². The smallest absolute Gasteiger partial charge is 0.0677 e. The average molecular weight is 200 g/mol. The minimum Gasteiger partial charge on any atom is -0.390 e. The van der Waals surface area contributed by atoms with Crippen LogP contribution in [0.4, 0.5) is 0 Å². The lowest BCUT2D eigenvalue weighted by Crippen LogP contribution is -2.42. The summed E-state index contributed by atoms with van der Waals surface area (Å²) < 4.78 is 5.32. The third-order valence-electron chi connectivity index (χ3n) is 3.88. The monoisotopic (exact) mass is 200 g/mol. The Bertz CT molecular complexity index is 156. The zero-order chi connectivity index (χ0) is 10.6. The summed E-state index contributed by atoms with van der Waals surface area (Å²) in [6, 6.07) is 0. The molecule has 0 heterocycles. The molecule has 0 atom stereocenters. The van der Waals surface area contributed by atoms with Crippen LogP contribution in [0, 0.1) is 5.92 Å². The second-order valence-electron chi connectivity index (χ2n) is 4.55. The first-order valence-corrected chi connectivity index (χ1v) is 5.91. The fourth-order valence-electron chi connectivity index (χ4n) is 2.78. The molecule has 14 heavy (non-hydrogen) atoms. The molecule has 1 saturated carbocycles. The van der Waals surface area contributed by atoms with Crippen molar-refractivity contribution in [3.63, 3.8) is 0 Å². The molecule has 1 rings (SSSR count). The molecule has 1 aliphatic carbocycles. The summed E-state index contributed by atoms with van der Waals surface area (Å²) >= 11 is 0. The molecule has 1 aliphatic rings. The fraction of sp³-hybridized carbons (Fsp3) is 1.00. The normalized spacial score (nSPS) is 33.6. The standard InChI is InChI=1S/C12H24O2/c1-4-10(5-2)12(13)8-6-11(14-3)7-9-12/h10-11,13H,4-9H2,1-3H3. The molecule has 0 bridgehead atoms. The molecule has 1 N–H and O–H groups in total. The van der Waals surface area contributed by atoms with Crippen molar-refractivity contribution in [1.29, 1.82) is 0 Å². The van der Waals surface area contributed by atoms with Crippen LogP contribution in [-0.4, -0.2) is 23.9 Å². The maximum Gasteiger partial charge on any atom is 0.0677 e. The number of rotatable bonds is 4. The van der Waals surface area contributed by atoms with Gasteiger partial charge in [-0.3, -0.25) is 0 Å². The van der Waals surface area contributed by atoms with Crippen LogP contribution in [0.15, 0.2) is 0 Å². The van der Waals surface area contributed by atoms with Gasteiger partial charge in [0.05, 0.1) is 11.7 Å². The summed E-state index contributed by atoms with van der Waals surface area (Å²) in [7, 11) is 1.77. The second-order valence-corrected chi connectivity index (χ2v) is 4.55. The number of ether oxygens (including phenoxy) is 1. The Labute approximate surface area is 87.7 Å². The van der Waals surface area contributed by atoms with E-state index in [2.05, 4.69) is 13.8 Å². The largest absolute Gasteiger partial charge is 0.390 e. The highest BCUT2D eigenvalue weighted by Crippen LogP contribution is 2.38. The Kier molecular flexibility index (Phi) is 4.39. The molecule has 0 saturated heterocycles. The molecule has 0 aromatic carbocycles. The van der Waals surface area contributed by atoms with E-state index in [-0.39, 0.29) is 0 Å². The average Bonchev–Trinajstić information content (AvgIpc) is 2.20. The Morgan fingerprint density at radius 2 is 1.79 bits per heavy atom. The quantitative estimate of drug-likeness (QED) is 0.756. The van der Waals surface area contributed by atoms with E-state index in [0.717, 1.165) is 38.5 Å². The Morgan fingerprint density at radius 3 is 2.14 bits per heavy atom. The van der Waals surface area contributed by atoms with Crippen LogP contribution in [0.5, 0.6) is 0 Å². The summed E-state index contributed by atoms with van der Waals surface area (Å²) in [5.74, 6) is 0.473. The topological polar surface area (TPSA) is 29.5 Å². The van der Waals surface area contributed by atoms with E-state index in [1.54, 1.807) is 7.11 Å². The summed E-state index contributed by atoms with van der Waals surface area (Å²) in [5, 5.41) is 10.5. The van der Waals surface area contributed by atoms with Crippen molar-refractivity contribution >= 4 is 0 Å². The Morgan fingerprint density at radius 1 is 1.29 bits per heavy atom. The molecule has 2 nitrogen and oxygen atoms in total. The lowest BCUT2D eigenvalue weighted by atomic mass is 9.73. The van der Waals surface area contributed by atoms with Crippen LogP contribution < -0.4 is 0 Å². The van der Waals surface area contributed by atoms with E-state index in [1.165, 1.54) is 0 Å². The summed E-state index contributed by atoms with van der Waals surface area (Å²) in [5.41, 5.74) is -0.404. The van der Waals surface area contributed by atoms with Gasteiger partial charge in [-0.1, -0.05) is 26.7 Å². The molecule has 0 aromatic rings. The van der Waals surface area contributed by atoms with Crippen LogP contribution >= 0.6 is 0 Å². The van der Waals surface area contributed by atoms with Crippen molar-refractivity contribution in [2.45, 2.75) is 64.1 Å². The molecule has 0 radical (unpaired) electrons. The van der Waals surface area contributed by atoms with Gasteiger partial charge in [-0.15, -0.1) is 0 Å². The van der Waals surface area contributed by atoms with Crippen molar-refractivity contribution < 1.29 is 9.84 Å². The van der Waals surface area contributed by atoms with Crippen LogP contribution in [0.1, 0.15) is 52.4 Å². The van der Waals surface area contributed by atoms with E-state index in [0.29, 0.717) is 12.0 Å². The van der Waals surface area contributed by atoms with Gasteiger partial charge in [0.1, 0.15) is 0 Å². The van der Waals surface area contributed by atoms with Gasteiger partial charge in [-0.2, -0.15) is 0 Å². The van der Waals surface area contributed by atoms with Gasteiger partial charge < -0.3 is 9.84 Å². The number of hydrogen-bond donors (Lipinski definition) is 1. The van der Waals surface area contributed by atoms with Gasteiger partial charge in [0, 0.05) is 7.11 Å². The van der Waals surface area contributed by atoms with Crippen molar-refractivity contribution in [2.75, 3.05) is 7.11 Å². The third kappa shape index (κ3) is 2.48. The molecule has 2 heteroatoms. The molecule has 0 aromatic heterocycles. The molecular formula is C12H24O2.